The zero-order valence-corrected chi connectivity index (χ0v) is 13.9. The van der Waals surface area contributed by atoms with Crippen LogP contribution in [0.15, 0.2) is 12.3 Å². The molecule has 1 rings (SSSR count). The van der Waals surface area contributed by atoms with E-state index >= 15 is 0 Å². The Labute approximate surface area is 139 Å². The van der Waals surface area contributed by atoms with Gasteiger partial charge in [0.2, 0.25) is 5.95 Å². The van der Waals surface area contributed by atoms with Gasteiger partial charge < -0.3 is 19.9 Å². The van der Waals surface area contributed by atoms with Crippen LogP contribution in [0, 0.1) is 0 Å². The lowest BCUT2D eigenvalue weighted by Gasteiger charge is -2.22. The van der Waals surface area contributed by atoms with Crippen molar-refractivity contribution in [2.24, 2.45) is 0 Å². The first-order chi connectivity index (χ1) is 11.4. The standard InChI is InChI=1S/C15H21N3O6/c1-4-16-14-17-8-7-10(18-14)11(19)9-15(22,12(20)23-5-2)13(21)24-6-3/h7-8,22H,4-6,9H2,1-3H3,(H,16,17,18). The van der Waals surface area contributed by atoms with Gasteiger partial charge in [0.1, 0.15) is 5.69 Å². The molecule has 1 aromatic rings. The monoisotopic (exact) mass is 339 g/mol. The van der Waals surface area contributed by atoms with E-state index in [2.05, 4.69) is 24.8 Å². The first-order valence-corrected chi connectivity index (χ1v) is 7.55. The van der Waals surface area contributed by atoms with E-state index in [1.54, 1.807) is 0 Å². The number of carbonyl (C=O) groups excluding carboxylic acids is 3. The highest BCUT2D eigenvalue weighted by Gasteiger charge is 2.49. The van der Waals surface area contributed by atoms with Crippen LogP contribution in [0.4, 0.5) is 5.95 Å². The molecular weight excluding hydrogens is 318 g/mol. The van der Waals surface area contributed by atoms with Gasteiger partial charge in [0.15, 0.2) is 5.78 Å². The zero-order chi connectivity index (χ0) is 18.2. The summed E-state index contributed by atoms with van der Waals surface area (Å²) in [7, 11) is 0. The fraction of sp³-hybridized carbons (Fsp3) is 0.533. The number of anilines is 1. The lowest BCUT2D eigenvalue weighted by molar-refractivity contribution is -0.182. The molecule has 1 aromatic heterocycles. The zero-order valence-electron chi connectivity index (χ0n) is 13.9. The minimum absolute atomic E-state index is 0.0482. The second kappa shape index (κ2) is 8.92. The minimum Gasteiger partial charge on any atom is -0.463 e. The molecule has 0 saturated heterocycles. The number of carbonyl (C=O) groups is 3. The Morgan fingerprint density at radius 1 is 1.17 bits per heavy atom. The van der Waals surface area contributed by atoms with E-state index in [0.717, 1.165) is 0 Å². The summed E-state index contributed by atoms with van der Waals surface area (Å²) >= 11 is 0. The summed E-state index contributed by atoms with van der Waals surface area (Å²) in [5, 5.41) is 13.2. The summed E-state index contributed by atoms with van der Waals surface area (Å²) in [5.41, 5.74) is -2.76. The Morgan fingerprint density at radius 3 is 2.25 bits per heavy atom. The lowest BCUT2D eigenvalue weighted by atomic mass is 9.95. The molecule has 0 unspecified atom stereocenters. The van der Waals surface area contributed by atoms with Gasteiger partial charge in [0.25, 0.3) is 5.60 Å². The van der Waals surface area contributed by atoms with E-state index in [1.807, 2.05) is 6.92 Å². The summed E-state index contributed by atoms with van der Waals surface area (Å²) in [4.78, 5) is 44.1. The highest BCUT2D eigenvalue weighted by molar-refractivity contribution is 6.09. The number of ketones is 1. The molecule has 0 saturated carbocycles. The third-order valence-corrected chi connectivity index (χ3v) is 2.92. The van der Waals surface area contributed by atoms with Gasteiger partial charge in [-0.15, -0.1) is 0 Å². The molecule has 24 heavy (non-hydrogen) atoms. The van der Waals surface area contributed by atoms with Gasteiger partial charge in [-0.2, -0.15) is 0 Å². The smallest absolute Gasteiger partial charge is 0.350 e. The number of hydrogen-bond acceptors (Lipinski definition) is 9. The number of nitrogens with zero attached hydrogens (tertiary/aromatic N) is 2. The number of ether oxygens (including phenoxy) is 2. The number of aliphatic hydroxyl groups is 1. The molecule has 1 heterocycles. The molecule has 9 heteroatoms. The molecule has 9 nitrogen and oxygen atoms in total. The van der Waals surface area contributed by atoms with Crippen LogP contribution in [0.3, 0.4) is 0 Å². The first-order valence-electron chi connectivity index (χ1n) is 7.55. The third kappa shape index (κ3) is 4.72. The van der Waals surface area contributed by atoms with Crippen LogP contribution in [-0.2, 0) is 19.1 Å². The fourth-order valence-corrected chi connectivity index (χ4v) is 1.81. The molecule has 0 aromatic carbocycles. The molecule has 0 aliphatic carbocycles. The normalized spacial score (nSPS) is 10.8. The molecule has 0 aliphatic heterocycles. The van der Waals surface area contributed by atoms with Crippen molar-refractivity contribution in [1.29, 1.82) is 0 Å². The molecule has 0 radical (unpaired) electrons. The topological polar surface area (TPSA) is 128 Å². The van der Waals surface area contributed by atoms with Crippen molar-refractivity contribution in [3.8, 4) is 0 Å². The van der Waals surface area contributed by atoms with Crippen molar-refractivity contribution in [3.63, 3.8) is 0 Å². The maximum absolute atomic E-state index is 12.3. The van der Waals surface area contributed by atoms with Gasteiger partial charge in [-0.25, -0.2) is 19.6 Å². The SMILES string of the molecule is CCNc1nccc(C(=O)CC(O)(C(=O)OCC)C(=O)OCC)n1. The number of aromatic nitrogens is 2. The number of esters is 2. The first kappa shape index (κ1) is 19.5. The molecule has 132 valence electrons. The Bertz CT molecular complexity index is 587. The highest BCUT2D eigenvalue weighted by Crippen LogP contribution is 2.19. The lowest BCUT2D eigenvalue weighted by Crippen LogP contribution is -2.50. The molecule has 0 spiro atoms. The van der Waals surface area contributed by atoms with Crippen molar-refractivity contribution in [1.82, 2.24) is 9.97 Å². The Morgan fingerprint density at radius 2 is 1.75 bits per heavy atom. The molecule has 2 N–H and O–H groups in total. The van der Waals surface area contributed by atoms with Crippen LogP contribution in [0.25, 0.3) is 0 Å². The van der Waals surface area contributed by atoms with Crippen molar-refractivity contribution in [2.45, 2.75) is 32.8 Å². The van der Waals surface area contributed by atoms with Crippen molar-refractivity contribution in [3.05, 3.63) is 18.0 Å². The molecular formula is C15H21N3O6. The fourth-order valence-electron chi connectivity index (χ4n) is 1.81. The van der Waals surface area contributed by atoms with E-state index in [0.29, 0.717) is 6.54 Å². The predicted octanol–water partition coefficient (Wildman–Crippen LogP) is 0.338. The maximum Gasteiger partial charge on any atom is 0.350 e. The van der Waals surface area contributed by atoms with Crippen LogP contribution >= 0.6 is 0 Å². The highest BCUT2D eigenvalue weighted by atomic mass is 16.6. The van der Waals surface area contributed by atoms with E-state index in [1.165, 1.54) is 26.1 Å². The predicted molar refractivity (Wildman–Crippen MR) is 83.4 cm³/mol. The van der Waals surface area contributed by atoms with Gasteiger partial charge in [-0.05, 0) is 26.8 Å². The second-order valence-corrected chi connectivity index (χ2v) is 4.70. The summed E-state index contributed by atoms with van der Waals surface area (Å²) in [6.45, 7) is 5.28. The summed E-state index contributed by atoms with van der Waals surface area (Å²) < 4.78 is 9.37. The van der Waals surface area contributed by atoms with E-state index in [-0.39, 0.29) is 24.9 Å². The minimum atomic E-state index is -2.72. The summed E-state index contributed by atoms with van der Waals surface area (Å²) in [6.07, 6.45) is 0.513. The van der Waals surface area contributed by atoms with Crippen LogP contribution < -0.4 is 5.32 Å². The van der Waals surface area contributed by atoms with E-state index in [4.69, 9.17) is 0 Å². The van der Waals surface area contributed by atoms with E-state index < -0.39 is 29.7 Å². The van der Waals surface area contributed by atoms with Gasteiger partial charge in [-0.3, -0.25) is 4.79 Å². The van der Waals surface area contributed by atoms with Gasteiger partial charge in [-0.1, -0.05) is 0 Å². The largest absolute Gasteiger partial charge is 0.463 e. The van der Waals surface area contributed by atoms with Gasteiger partial charge >= 0.3 is 11.9 Å². The summed E-state index contributed by atoms with van der Waals surface area (Å²) in [5.74, 6) is -2.98. The average molecular weight is 339 g/mol. The molecule has 0 bridgehead atoms. The van der Waals surface area contributed by atoms with Crippen LogP contribution in [0.2, 0.25) is 0 Å². The van der Waals surface area contributed by atoms with Gasteiger partial charge in [0.05, 0.1) is 19.6 Å². The second-order valence-electron chi connectivity index (χ2n) is 4.70. The third-order valence-electron chi connectivity index (χ3n) is 2.92. The number of nitrogens with one attached hydrogen (secondary N) is 1. The molecule has 0 atom stereocenters. The average Bonchev–Trinajstić information content (AvgIpc) is 2.55. The molecule has 0 fully saturated rings. The van der Waals surface area contributed by atoms with Crippen molar-refractivity contribution >= 4 is 23.7 Å². The number of hydrogen-bond donors (Lipinski definition) is 2. The van der Waals surface area contributed by atoms with E-state index in [9.17, 15) is 19.5 Å². The van der Waals surface area contributed by atoms with Crippen molar-refractivity contribution in [2.75, 3.05) is 25.1 Å². The molecule has 0 aliphatic rings. The maximum atomic E-state index is 12.3. The Balaban J connectivity index is 3.05. The van der Waals surface area contributed by atoms with Crippen LogP contribution in [0.1, 0.15) is 37.7 Å². The van der Waals surface area contributed by atoms with Crippen LogP contribution in [0.5, 0.6) is 0 Å². The number of Topliss-reactive ketones (excluding diaryl/α,β-unsaturated/α-hetero) is 1. The Kier molecular flexibility index (Phi) is 7.25. The van der Waals surface area contributed by atoms with Gasteiger partial charge in [0, 0.05) is 12.7 Å². The summed E-state index contributed by atoms with van der Waals surface area (Å²) in [6, 6.07) is 1.32. The number of rotatable bonds is 9. The quantitative estimate of drug-likeness (QED) is 0.372. The molecule has 0 amide bonds. The van der Waals surface area contributed by atoms with Crippen molar-refractivity contribution < 1.29 is 29.0 Å². The van der Waals surface area contributed by atoms with Crippen LogP contribution in [-0.4, -0.2) is 58.2 Å². The Hall–Kier alpha value is -2.55.